The van der Waals surface area contributed by atoms with Gasteiger partial charge in [0.2, 0.25) is 0 Å². The summed E-state index contributed by atoms with van der Waals surface area (Å²) in [6.07, 6.45) is 5.38. The summed E-state index contributed by atoms with van der Waals surface area (Å²) < 4.78 is 0. The van der Waals surface area contributed by atoms with E-state index in [2.05, 4.69) is 26.5 Å². The molecule has 1 atom stereocenters. The van der Waals surface area contributed by atoms with Crippen LogP contribution in [0.25, 0.3) is 0 Å². The van der Waals surface area contributed by atoms with Gasteiger partial charge in [-0.15, -0.1) is 6.58 Å². The summed E-state index contributed by atoms with van der Waals surface area (Å²) in [6.45, 7) is 9.45. The van der Waals surface area contributed by atoms with Crippen molar-refractivity contribution in [1.29, 1.82) is 0 Å². The van der Waals surface area contributed by atoms with Gasteiger partial charge in [-0.2, -0.15) is 0 Å². The Balaban J connectivity index is -0.000000500. The molecule has 0 bridgehead atoms. The van der Waals surface area contributed by atoms with E-state index in [0.717, 1.165) is 12.8 Å². The molecule has 0 aromatic heterocycles. The van der Waals surface area contributed by atoms with Crippen LogP contribution in [0.5, 0.6) is 0 Å². The van der Waals surface area contributed by atoms with Crippen LogP contribution in [-0.2, 0) is 0 Å². The molecule has 0 fully saturated rings. The van der Waals surface area contributed by atoms with E-state index in [1.54, 1.807) is 13.0 Å². The van der Waals surface area contributed by atoms with Crippen LogP contribution >= 0.6 is 0 Å². The van der Waals surface area contributed by atoms with E-state index in [1.165, 1.54) is 5.57 Å². The van der Waals surface area contributed by atoms with Gasteiger partial charge in [-0.25, -0.2) is 0 Å². The molecule has 0 saturated heterocycles. The normalized spacial score (nSPS) is 12.9. The standard InChI is InChI=1S/C10H18O.2Na/c1-5-10(4,11)8-6-7-9(2)3;;/h5,7,11H,1,6,8H2,2-4H3;;. The molecule has 1 unspecified atom stereocenters. The van der Waals surface area contributed by atoms with Crippen molar-refractivity contribution in [2.75, 3.05) is 0 Å². The Labute approximate surface area is 126 Å². The Hall–Kier alpha value is 1.44. The minimum absolute atomic E-state index is 0. The fourth-order valence-corrected chi connectivity index (χ4v) is 0.755. The van der Waals surface area contributed by atoms with Crippen LogP contribution in [0, 0.1) is 0 Å². The van der Waals surface area contributed by atoms with Gasteiger partial charge >= 0.3 is 0 Å². The molecule has 66 valence electrons. The average molecular weight is 200 g/mol. The Morgan fingerprint density at radius 2 is 1.85 bits per heavy atom. The molecule has 0 heterocycles. The molecule has 0 aromatic carbocycles. The molecular weight excluding hydrogens is 182 g/mol. The van der Waals surface area contributed by atoms with Crippen molar-refractivity contribution in [3.05, 3.63) is 24.3 Å². The third kappa shape index (κ3) is 13.4. The zero-order chi connectivity index (χ0) is 8.91. The molecule has 0 aromatic rings. The van der Waals surface area contributed by atoms with E-state index in [9.17, 15) is 5.11 Å². The molecule has 1 N–H and O–H groups in total. The van der Waals surface area contributed by atoms with Crippen molar-refractivity contribution >= 4 is 59.1 Å². The van der Waals surface area contributed by atoms with Crippen molar-refractivity contribution in [2.24, 2.45) is 0 Å². The summed E-state index contributed by atoms with van der Waals surface area (Å²) in [5.74, 6) is 0. The van der Waals surface area contributed by atoms with Gasteiger partial charge in [0.05, 0.1) is 5.60 Å². The third-order valence-corrected chi connectivity index (χ3v) is 1.64. The van der Waals surface area contributed by atoms with Gasteiger partial charge in [0.15, 0.2) is 0 Å². The topological polar surface area (TPSA) is 20.2 Å². The van der Waals surface area contributed by atoms with E-state index < -0.39 is 5.60 Å². The summed E-state index contributed by atoms with van der Waals surface area (Å²) in [5.41, 5.74) is 0.594. The van der Waals surface area contributed by atoms with Gasteiger partial charge < -0.3 is 5.11 Å². The molecule has 0 rings (SSSR count). The fourth-order valence-electron chi connectivity index (χ4n) is 0.755. The molecule has 0 aliphatic carbocycles. The molecular formula is C10H18Na2O. The maximum Gasteiger partial charge on any atom is 0.0800 e. The molecule has 2 radical (unpaired) electrons. The largest absolute Gasteiger partial charge is 0.386 e. The predicted octanol–water partition coefficient (Wildman–Crippen LogP) is 1.91. The first-order valence-electron chi connectivity index (χ1n) is 3.97. The van der Waals surface area contributed by atoms with Gasteiger partial charge in [-0.3, -0.25) is 0 Å². The van der Waals surface area contributed by atoms with Gasteiger partial charge in [0.25, 0.3) is 0 Å². The SMILES string of the molecule is C=CC(C)(O)CCC=C(C)C.[Na].[Na]. The number of allylic oxidation sites excluding steroid dienone is 2. The average Bonchev–Trinajstić information content (AvgIpc) is 1.87. The van der Waals surface area contributed by atoms with E-state index in [4.69, 9.17) is 0 Å². The summed E-state index contributed by atoms with van der Waals surface area (Å²) in [5, 5.41) is 9.49. The van der Waals surface area contributed by atoms with Crippen molar-refractivity contribution in [3.63, 3.8) is 0 Å². The van der Waals surface area contributed by atoms with E-state index in [1.807, 2.05) is 0 Å². The number of hydrogen-bond acceptors (Lipinski definition) is 1. The first-order valence-corrected chi connectivity index (χ1v) is 3.97. The minimum atomic E-state index is -0.702. The van der Waals surface area contributed by atoms with Gasteiger partial charge in [-0.1, -0.05) is 17.7 Å². The minimum Gasteiger partial charge on any atom is -0.386 e. The second-order valence-electron chi connectivity index (χ2n) is 3.38. The smallest absolute Gasteiger partial charge is 0.0800 e. The Morgan fingerprint density at radius 3 is 2.15 bits per heavy atom. The third-order valence-electron chi connectivity index (χ3n) is 1.64. The monoisotopic (exact) mass is 200 g/mol. The van der Waals surface area contributed by atoms with Crippen molar-refractivity contribution < 1.29 is 5.11 Å². The summed E-state index contributed by atoms with van der Waals surface area (Å²) in [6, 6.07) is 0. The number of aliphatic hydroxyl groups is 1. The maximum absolute atomic E-state index is 9.49. The zero-order valence-electron chi connectivity index (χ0n) is 9.72. The number of rotatable bonds is 4. The summed E-state index contributed by atoms with van der Waals surface area (Å²) >= 11 is 0. The van der Waals surface area contributed by atoms with Crippen LogP contribution in [0.4, 0.5) is 0 Å². The van der Waals surface area contributed by atoms with E-state index in [0.29, 0.717) is 0 Å². The molecule has 13 heavy (non-hydrogen) atoms. The quantitative estimate of drug-likeness (QED) is 0.543. The summed E-state index contributed by atoms with van der Waals surface area (Å²) in [7, 11) is 0. The van der Waals surface area contributed by atoms with Crippen LogP contribution in [0.2, 0.25) is 0 Å². The molecule has 0 saturated carbocycles. The summed E-state index contributed by atoms with van der Waals surface area (Å²) in [4.78, 5) is 0. The van der Waals surface area contributed by atoms with Gasteiger partial charge in [-0.05, 0) is 33.6 Å². The van der Waals surface area contributed by atoms with Crippen LogP contribution in [0.15, 0.2) is 24.3 Å². The molecule has 0 aliphatic rings. The second-order valence-corrected chi connectivity index (χ2v) is 3.38. The van der Waals surface area contributed by atoms with E-state index >= 15 is 0 Å². The predicted molar refractivity (Wildman–Crippen MR) is 61.0 cm³/mol. The first kappa shape index (κ1) is 19.9. The first-order chi connectivity index (χ1) is 4.98. The Morgan fingerprint density at radius 1 is 1.38 bits per heavy atom. The van der Waals surface area contributed by atoms with Crippen molar-refractivity contribution in [2.45, 2.75) is 39.2 Å². The van der Waals surface area contributed by atoms with Gasteiger partial charge in [0.1, 0.15) is 0 Å². The number of hydrogen-bond donors (Lipinski definition) is 1. The van der Waals surface area contributed by atoms with Gasteiger partial charge in [0, 0.05) is 59.1 Å². The molecule has 3 heteroatoms. The van der Waals surface area contributed by atoms with E-state index in [-0.39, 0.29) is 59.1 Å². The van der Waals surface area contributed by atoms with Crippen molar-refractivity contribution in [3.8, 4) is 0 Å². The molecule has 0 amide bonds. The van der Waals surface area contributed by atoms with Crippen LogP contribution in [0.1, 0.15) is 33.6 Å². The fraction of sp³-hybridized carbons (Fsp3) is 0.600. The maximum atomic E-state index is 9.49. The van der Waals surface area contributed by atoms with Crippen LogP contribution < -0.4 is 0 Å². The van der Waals surface area contributed by atoms with Crippen LogP contribution in [0.3, 0.4) is 0 Å². The van der Waals surface area contributed by atoms with Crippen LogP contribution in [-0.4, -0.2) is 69.8 Å². The Kier molecular flexibility index (Phi) is 15.3. The zero-order valence-corrected chi connectivity index (χ0v) is 13.7. The second kappa shape index (κ2) is 9.97. The van der Waals surface area contributed by atoms with Crippen molar-refractivity contribution in [1.82, 2.24) is 0 Å². The molecule has 1 nitrogen and oxygen atoms in total. The molecule has 0 aliphatic heterocycles. The molecule has 0 spiro atoms. The Bertz CT molecular complexity index is 158.